The van der Waals surface area contributed by atoms with E-state index in [-0.39, 0.29) is 5.54 Å². The monoisotopic (exact) mass is 240 g/mol. The van der Waals surface area contributed by atoms with Gasteiger partial charge in [-0.25, -0.2) is 0 Å². The van der Waals surface area contributed by atoms with Crippen molar-refractivity contribution >= 4 is 0 Å². The Morgan fingerprint density at radius 2 is 1.65 bits per heavy atom. The lowest BCUT2D eigenvalue weighted by molar-refractivity contribution is 0.0486. The van der Waals surface area contributed by atoms with Crippen molar-refractivity contribution in [1.82, 2.24) is 4.90 Å². The zero-order valence-corrected chi connectivity index (χ0v) is 12.3. The average Bonchev–Trinajstić information content (AvgIpc) is 2.30. The van der Waals surface area contributed by atoms with Crippen LogP contribution in [0.15, 0.2) is 0 Å². The summed E-state index contributed by atoms with van der Waals surface area (Å²) in [6.45, 7) is 11.4. The van der Waals surface area contributed by atoms with Crippen LogP contribution in [0, 0.1) is 5.92 Å². The summed E-state index contributed by atoms with van der Waals surface area (Å²) in [5.41, 5.74) is 6.83. The van der Waals surface area contributed by atoms with Crippen molar-refractivity contribution in [3.8, 4) is 0 Å². The fourth-order valence-corrected chi connectivity index (χ4v) is 3.62. The smallest absolute Gasteiger partial charge is 0.0355 e. The number of nitrogens with zero attached hydrogens (tertiary/aromatic N) is 1. The first-order valence-electron chi connectivity index (χ1n) is 7.65. The van der Waals surface area contributed by atoms with E-state index in [4.69, 9.17) is 5.73 Å². The topological polar surface area (TPSA) is 29.3 Å². The minimum atomic E-state index is 0.235. The van der Waals surface area contributed by atoms with Gasteiger partial charge in [0.05, 0.1) is 0 Å². The Morgan fingerprint density at radius 1 is 1.12 bits per heavy atom. The maximum absolute atomic E-state index is 6.59. The number of likely N-dealkylation sites (N-methyl/N-ethyl adjacent to an activating group) is 1. The quantitative estimate of drug-likeness (QED) is 0.704. The Morgan fingerprint density at radius 3 is 1.94 bits per heavy atom. The molecular formula is C15H32N2. The Kier molecular flexibility index (Phi) is 5.94. The highest BCUT2D eigenvalue weighted by atomic mass is 15.2. The summed E-state index contributed by atoms with van der Waals surface area (Å²) < 4.78 is 0. The average molecular weight is 240 g/mol. The third-order valence-electron chi connectivity index (χ3n) is 5.12. The SMILES string of the molecule is CCN(CC)C(CC)(CC)C(N)CC1CCC1. The Balaban J connectivity index is 2.72. The summed E-state index contributed by atoms with van der Waals surface area (Å²) in [7, 11) is 0. The molecule has 0 radical (unpaired) electrons. The van der Waals surface area contributed by atoms with Crippen LogP contribution in [0.2, 0.25) is 0 Å². The highest BCUT2D eigenvalue weighted by Gasteiger charge is 2.39. The summed E-state index contributed by atoms with van der Waals surface area (Å²) in [4.78, 5) is 2.59. The fraction of sp³-hybridized carbons (Fsp3) is 1.00. The predicted molar refractivity (Wildman–Crippen MR) is 76.2 cm³/mol. The minimum absolute atomic E-state index is 0.235. The summed E-state index contributed by atoms with van der Waals surface area (Å²) in [5.74, 6) is 0.915. The maximum atomic E-state index is 6.59. The molecule has 102 valence electrons. The van der Waals surface area contributed by atoms with Crippen molar-refractivity contribution < 1.29 is 0 Å². The molecule has 0 heterocycles. The van der Waals surface area contributed by atoms with Crippen LogP contribution in [0.5, 0.6) is 0 Å². The number of hydrogen-bond acceptors (Lipinski definition) is 2. The highest BCUT2D eigenvalue weighted by molar-refractivity contribution is 4.98. The van der Waals surface area contributed by atoms with Crippen LogP contribution in [0.3, 0.4) is 0 Å². The third kappa shape index (κ3) is 3.03. The molecule has 1 aliphatic carbocycles. The van der Waals surface area contributed by atoms with Gasteiger partial charge in [0.15, 0.2) is 0 Å². The van der Waals surface area contributed by atoms with Crippen LogP contribution in [0.1, 0.15) is 66.2 Å². The van der Waals surface area contributed by atoms with Gasteiger partial charge in [-0.1, -0.05) is 47.0 Å². The van der Waals surface area contributed by atoms with E-state index in [9.17, 15) is 0 Å². The summed E-state index contributed by atoms with van der Waals surface area (Å²) >= 11 is 0. The molecule has 2 nitrogen and oxygen atoms in total. The summed E-state index contributed by atoms with van der Waals surface area (Å²) in [6.07, 6.45) is 7.84. The van der Waals surface area contributed by atoms with Crippen LogP contribution < -0.4 is 5.73 Å². The van der Waals surface area contributed by atoms with Crippen LogP contribution in [0.4, 0.5) is 0 Å². The molecule has 0 aromatic heterocycles. The van der Waals surface area contributed by atoms with Gasteiger partial charge in [0, 0.05) is 11.6 Å². The lowest BCUT2D eigenvalue weighted by atomic mass is 9.73. The van der Waals surface area contributed by atoms with Gasteiger partial charge in [-0.05, 0) is 38.3 Å². The van der Waals surface area contributed by atoms with Crippen LogP contribution >= 0.6 is 0 Å². The third-order valence-corrected chi connectivity index (χ3v) is 5.12. The molecule has 0 aliphatic heterocycles. The molecule has 1 fully saturated rings. The van der Waals surface area contributed by atoms with Gasteiger partial charge in [-0.15, -0.1) is 0 Å². The second-order valence-electron chi connectivity index (χ2n) is 5.62. The van der Waals surface area contributed by atoms with Gasteiger partial charge in [-0.3, -0.25) is 4.90 Å². The molecule has 0 aromatic carbocycles. The van der Waals surface area contributed by atoms with E-state index in [1.807, 2.05) is 0 Å². The second-order valence-corrected chi connectivity index (χ2v) is 5.62. The minimum Gasteiger partial charge on any atom is -0.326 e. The van der Waals surface area contributed by atoms with Gasteiger partial charge in [-0.2, -0.15) is 0 Å². The van der Waals surface area contributed by atoms with Gasteiger partial charge in [0.25, 0.3) is 0 Å². The molecular weight excluding hydrogens is 208 g/mol. The maximum Gasteiger partial charge on any atom is 0.0355 e. The van der Waals surface area contributed by atoms with Crippen molar-refractivity contribution in [1.29, 1.82) is 0 Å². The van der Waals surface area contributed by atoms with Crippen molar-refractivity contribution in [2.75, 3.05) is 13.1 Å². The Labute approximate surface area is 108 Å². The lowest BCUT2D eigenvalue weighted by Crippen LogP contribution is -2.60. The van der Waals surface area contributed by atoms with E-state index in [0.717, 1.165) is 19.0 Å². The highest BCUT2D eigenvalue weighted by Crippen LogP contribution is 2.36. The fourth-order valence-electron chi connectivity index (χ4n) is 3.62. The first-order valence-corrected chi connectivity index (χ1v) is 7.65. The molecule has 0 saturated heterocycles. The van der Waals surface area contributed by atoms with Crippen LogP contribution in [-0.2, 0) is 0 Å². The normalized spacial score (nSPS) is 19.4. The number of hydrogen-bond donors (Lipinski definition) is 1. The molecule has 2 N–H and O–H groups in total. The lowest BCUT2D eigenvalue weighted by Gasteiger charge is -2.48. The Hall–Kier alpha value is -0.0800. The van der Waals surface area contributed by atoms with E-state index in [0.29, 0.717) is 6.04 Å². The van der Waals surface area contributed by atoms with E-state index in [1.165, 1.54) is 38.5 Å². The molecule has 1 saturated carbocycles. The molecule has 17 heavy (non-hydrogen) atoms. The van der Waals surface area contributed by atoms with Crippen molar-refractivity contribution in [2.45, 2.75) is 77.8 Å². The van der Waals surface area contributed by atoms with Gasteiger partial charge in [0.1, 0.15) is 0 Å². The molecule has 2 heteroatoms. The van der Waals surface area contributed by atoms with Gasteiger partial charge >= 0.3 is 0 Å². The molecule has 1 aliphatic rings. The van der Waals surface area contributed by atoms with Gasteiger partial charge in [0.2, 0.25) is 0 Å². The molecule has 0 spiro atoms. The second kappa shape index (κ2) is 6.75. The van der Waals surface area contributed by atoms with Crippen LogP contribution in [-0.4, -0.2) is 29.6 Å². The van der Waals surface area contributed by atoms with Crippen LogP contribution in [0.25, 0.3) is 0 Å². The molecule has 0 bridgehead atoms. The molecule has 0 aromatic rings. The van der Waals surface area contributed by atoms with E-state index in [1.54, 1.807) is 0 Å². The molecule has 0 amide bonds. The predicted octanol–water partition coefficient (Wildman–Crippen LogP) is 3.40. The van der Waals surface area contributed by atoms with Crippen molar-refractivity contribution in [3.63, 3.8) is 0 Å². The molecule has 1 atom stereocenters. The van der Waals surface area contributed by atoms with E-state index < -0.39 is 0 Å². The first kappa shape index (κ1) is 15.0. The molecule has 1 rings (SSSR count). The molecule has 1 unspecified atom stereocenters. The van der Waals surface area contributed by atoms with E-state index >= 15 is 0 Å². The van der Waals surface area contributed by atoms with E-state index in [2.05, 4.69) is 32.6 Å². The largest absolute Gasteiger partial charge is 0.326 e. The van der Waals surface area contributed by atoms with Crippen molar-refractivity contribution in [3.05, 3.63) is 0 Å². The first-order chi connectivity index (χ1) is 8.14. The zero-order chi connectivity index (χ0) is 12.9. The number of rotatable bonds is 8. The Bertz CT molecular complexity index is 203. The standard InChI is InChI=1S/C15H32N2/c1-5-15(6-2,17(7-3)8-4)14(16)12-13-10-9-11-13/h13-14H,5-12,16H2,1-4H3. The van der Waals surface area contributed by atoms with Gasteiger partial charge < -0.3 is 5.73 Å². The number of nitrogens with two attached hydrogens (primary N) is 1. The van der Waals surface area contributed by atoms with Crippen molar-refractivity contribution in [2.24, 2.45) is 11.7 Å². The summed E-state index contributed by atoms with van der Waals surface area (Å²) in [6, 6.07) is 0.350. The zero-order valence-electron chi connectivity index (χ0n) is 12.3. The summed E-state index contributed by atoms with van der Waals surface area (Å²) in [5, 5.41) is 0.